The van der Waals surface area contributed by atoms with Gasteiger partial charge >= 0.3 is 0 Å². The van der Waals surface area contributed by atoms with Gasteiger partial charge in [0.25, 0.3) is 5.91 Å². The molecule has 1 unspecified atom stereocenters. The molecule has 1 saturated heterocycles. The lowest BCUT2D eigenvalue weighted by molar-refractivity contribution is -0.126. The molecule has 1 fully saturated rings. The first kappa shape index (κ1) is 17.5. The maximum Gasteiger partial charge on any atom is 0.264 e. The highest BCUT2D eigenvalue weighted by Gasteiger charge is 2.29. The van der Waals surface area contributed by atoms with Crippen LogP contribution in [0.4, 0.5) is 0 Å². The summed E-state index contributed by atoms with van der Waals surface area (Å²) < 4.78 is 3.60. The van der Waals surface area contributed by atoms with Crippen molar-refractivity contribution in [3.8, 4) is 0 Å². The Morgan fingerprint density at radius 3 is 2.92 bits per heavy atom. The van der Waals surface area contributed by atoms with E-state index in [1.54, 1.807) is 22.7 Å². The molecule has 5 nitrogen and oxygen atoms in total. The molecule has 3 heterocycles. The van der Waals surface area contributed by atoms with E-state index in [0.29, 0.717) is 26.2 Å². The summed E-state index contributed by atoms with van der Waals surface area (Å²) in [5.41, 5.74) is 5.45. The van der Waals surface area contributed by atoms with Gasteiger partial charge in [-0.1, -0.05) is 18.2 Å². The summed E-state index contributed by atoms with van der Waals surface area (Å²) >= 11 is 3.29. The standard InChI is InChI=1S/C19H21N3O2S2/c20-7-8-21-18(23)12-4-3-9-22(11-12)19(24)16-10-15-17(26-16)13-5-1-2-6-14(13)25-15/h1-2,5-6,10,12H,3-4,7-9,11,20H2,(H,21,23). The summed E-state index contributed by atoms with van der Waals surface area (Å²) in [6.07, 6.45) is 1.68. The zero-order valence-corrected chi connectivity index (χ0v) is 16.0. The third kappa shape index (κ3) is 3.22. The number of likely N-dealkylation sites (tertiary alicyclic amines) is 1. The van der Waals surface area contributed by atoms with Gasteiger partial charge in [-0.15, -0.1) is 22.7 Å². The SMILES string of the molecule is NCCNC(=O)C1CCCN(C(=O)c2cc3sc4ccccc4c3s2)C1. The van der Waals surface area contributed by atoms with Crippen molar-refractivity contribution >= 4 is 54.0 Å². The van der Waals surface area contributed by atoms with Crippen LogP contribution in [0.1, 0.15) is 22.5 Å². The van der Waals surface area contributed by atoms with Crippen LogP contribution in [-0.4, -0.2) is 42.9 Å². The minimum atomic E-state index is -0.138. The maximum atomic E-state index is 13.0. The van der Waals surface area contributed by atoms with Gasteiger partial charge in [-0.05, 0) is 25.0 Å². The van der Waals surface area contributed by atoms with Gasteiger partial charge in [0.05, 0.1) is 15.5 Å². The summed E-state index contributed by atoms with van der Waals surface area (Å²) in [6, 6.07) is 10.3. The van der Waals surface area contributed by atoms with Crippen molar-refractivity contribution in [2.45, 2.75) is 12.8 Å². The Morgan fingerprint density at radius 1 is 1.23 bits per heavy atom. The Morgan fingerprint density at radius 2 is 2.08 bits per heavy atom. The lowest BCUT2D eigenvalue weighted by atomic mass is 9.97. The topological polar surface area (TPSA) is 75.4 Å². The van der Waals surface area contributed by atoms with Crippen LogP contribution in [0.5, 0.6) is 0 Å². The monoisotopic (exact) mass is 387 g/mol. The molecular formula is C19H21N3O2S2. The number of nitrogens with two attached hydrogens (primary N) is 1. The maximum absolute atomic E-state index is 13.0. The van der Waals surface area contributed by atoms with E-state index in [-0.39, 0.29) is 17.7 Å². The molecule has 3 aromatic rings. The Kier molecular flexibility index (Phi) is 4.93. The minimum absolute atomic E-state index is 0.00565. The van der Waals surface area contributed by atoms with Crippen molar-refractivity contribution in [1.29, 1.82) is 0 Å². The van der Waals surface area contributed by atoms with Gasteiger partial charge in [0.15, 0.2) is 0 Å². The Labute approximate surface area is 159 Å². The molecule has 136 valence electrons. The van der Waals surface area contributed by atoms with Crippen LogP contribution in [0.15, 0.2) is 30.3 Å². The molecular weight excluding hydrogens is 366 g/mol. The average Bonchev–Trinajstić information content (AvgIpc) is 3.23. The summed E-state index contributed by atoms with van der Waals surface area (Å²) in [5.74, 6) is -0.0916. The Bertz CT molecular complexity index is 962. The zero-order valence-electron chi connectivity index (χ0n) is 14.4. The summed E-state index contributed by atoms with van der Waals surface area (Å²) in [7, 11) is 0. The van der Waals surface area contributed by atoms with Crippen LogP contribution in [0.2, 0.25) is 0 Å². The van der Waals surface area contributed by atoms with E-state index in [0.717, 1.165) is 22.4 Å². The van der Waals surface area contributed by atoms with E-state index in [1.165, 1.54) is 14.8 Å². The molecule has 1 aliphatic rings. The highest BCUT2D eigenvalue weighted by Crippen LogP contribution is 2.39. The van der Waals surface area contributed by atoms with E-state index >= 15 is 0 Å². The molecule has 1 aliphatic heterocycles. The molecule has 0 radical (unpaired) electrons. The second-order valence-electron chi connectivity index (χ2n) is 6.57. The van der Waals surface area contributed by atoms with Crippen molar-refractivity contribution in [3.63, 3.8) is 0 Å². The van der Waals surface area contributed by atoms with Crippen molar-refractivity contribution in [2.24, 2.45) is 11.7 Å². The summed E-state index contributed by atoms with van der Waals surface area (Å²) in [4.78, 5) is 27.8. The quantitative estimate of drug-likeness (QED) is 0.722. The lowest BCUT2D eigenvalue weighted by Gasteiger charge is -2.31. The van der Waals surface area contributed by atoms with Gasteiger partial charge in [0.2, 0.25) is 5.91 Å². The predicted octanol–water partition coefficient (Wildman–Crippen LogP) is 3.04. The minimum Gasteiger partial charge on any atom is -0.355 e. The first-order valence-corrected chi connectivity index (χ1v) is 10.5. The van der Waals surface area contributed by atoms with Gasteiger partial charge in [-0.25, -0.2) is 0 Å². The number of nitrogens with zero attached hydrogens (tertiary/aromatic N) is 1. The van der Waals surface area contributed by atoms with Crippen LogP contribution < -0.4 is 11.1 Å². The molecule has 0 aliphatic carbocycles. The van der Waals surface area contributed by atoms with Crippen molar-refractivity contribution in [2.75, 3.05) is 26.2 Å². The van der Waals surface area contributed by atoms with E-state index in [2.05, 4.69) is 17.4 Å². The number of piperidine rings is 1. The first-order chi connectivity index (χ1) is 12.7. The van der Waals surface area contributed by atoms with Gasteiger partial charge in [-0.3, -0.25) is 9.59 Å². The van der Waals surface area contributed by atoms with Crippen LogP contribution in [-0.2, 0) is 4.79 Å². The normalized spacial score (nSPS) is 17.7. The van der Waals surface area contributed by atoms with Crippen LogP contribution in [0.3, 0.4) is 0 Å². The number of hydrogen-bond donors (Lipinski definition) is 2. The molecule has 1 atom stereocenters. The fraction of sp³-hybridized carbons (Fsp3) is 0.368. The molecule has 0 saturated carbocycles. The van der Waals surface area contributed by atoms with Crippen molar-refractivity contribution in [3.05, 3.63) is 35.2 Å². The number of nitrogens with one attached hydrogen (secondary N) is 1. The molecule has 4 rings (SSSR count). The summed E-state index contributed by atoms with van der Waals surface area (Å²) in [5, 5.41) is 4.06. The smallest absolute Gasteiger partial charge is 0.264 e. The number of thiophene rings is 2. The molecule has 7 heteroatoms. The van der Waals surface area contributed by atoms with E-state index in [4.69, 9.17) is 5.73 Å². The number of fused-ring (bicyclic) bond motifs is 3. The molecule has 0 bridgehead atoms. The average molecular weight is 388 g/mol. The second kappa shape index (κ2) is 7.34. The lowest BCUT2D eigenvalue weighted by Crippen LogP contribution is -2.46. The number of amides is 2. The highest BCUT2D eigenvalue weighted by molar-refractivity contribution is 7.33. The van der Waals surface area contributed by atoms with Gasteiger partial charge in [0, 0.05) is 41.0 Å². The number of carbonyl (C=O) groups is 2. The van der Waals surface area contributed by atoms with E-state index in [1.807, 2.05) is 23.1 Å². The number of rotatable bonds is 4. The van der Waals surface area contributed by atoms with Crippen LogP contribution in [0.25, 0.3) is 19.5 Å². The molecule has 2 amide bonds. The third-order valence-corrected chi connectivity index (χ3v) is 7.19. The number of hydrogen-bond acceptors (Lipinski definition) is 5. The van der Waals surface area contributed by atoms with Crippen LogP contribution >= 0.6 is 22.7 Å². The van der Waals surface area contributed by atoms with Crippen molar-refractivity contribution < 1.29 is 9.59 Å². The molecule has 3 N–H and O–H groups in total. The van der Waals surface area contributed by atoms with Crippen LogP contribution in [0, 0.1) is 5.92 Å². The fourth-order valence-corrected chi connectivity index (χ4v) is 5.97. The predicted molar refractivity (Wildman–Crippen MR) is 108 cm³/mol. The molecule has 0 spiro atoms. The molecule has 26 heavy (non-hydrogen) atoms. The number of carbonyl (C=O) groups excluding carboxylic acids is 2. The van der Waals surface area contributed by atoms with E-state index in [9.17, 15) is 9.59 Å². The first-order valence-electron chi connectivity index (χ1n) is 8.85. The number of benzene rings is 1. The van der Waals surface area contributed by atoms with Crippen molar-refractivity contribution in [1.82, 2.24) is 10.2 Å². The Balaban J connectivity index is 1.53. The second-order valence-corrected chi connectivity index (χ2v) is 8.71. The molecule has 2 aromatic heterocycles. The Hall–Kier alpha value is -1.96. The molecule has 1 aromatic carbocycles. The fourth-order valence-electron chi connectivity index (χ4n) is 3.48. The summed E-state index contributed by atoms with van der Waals surface area (Å²) in [6.45, 7) is 2.12. The van der Waals surface area contributed by atoms with Gasteiger partial charge < -0.3 is 16.0 Å². The highest BCUT2D eigenvalue weighted by atomic mass is 32.1. The van der Waals surface area contributed by atoms with Gasteiger partial charge in [-0.2, -0.15) is 0 Å². The van der Waals surface area contributed by atoms with Gasteiger partial charge in [0.1, 0.15) is 0 Å². The van der Waals surface area contributed by atoms with E-state index < -0.39 is 0 Å². The largest absolute Gasteiger partial charge is 0.355 e. The zero-order chi connectivity index (χ0) is 18.1. The third-order valence-electron chi connectivity index (χ3n) is 4.78.